The van der Waals surface area contributed by atoms with E-state index in [9.17, 15) is 44.1 Å². The van der Waals surface area contributed by atoms with Crippen LogP contribution in [0.5, 0.6) is 34.5 Å². The standard InChI is InChI=1S/C44H55NO9.C38H44O8.C6H12ClNO/c1-26(2)10-9-15-42(8)16-14-30-35(46)34-36(47)32-24-29-25-33-41(6,7)54-43(39(29)48,17-13-28(5)40(49)51-23-20-45-18-21-50-22-19-45)44(32,33)53-38(34)31(37(30)52-42)12-11-27(3)4;1-20(2)10-9-15-36(8)16-14-24-29(39)28-30(40)26-18-23-19-27-35(6,7)46-37(33(23)41,17-13-22(5)34(42)43)38(26,27)45-32(28)25(31(24)44-36)12-11-21(3)4;7-1-2-8-3-5-9-6-4-8/h10-11,13-14,16,24,29,33,46H,9,12,15,17-23,25H2,1-8H3;10-11,13-14,16,18,23,27,39H,9,12,15,17,19H2,1-8H3,(H,42,43);1-6H2/b28-13-;22-13-;. The predicted octanol–water partition coefficient (Wildman–Crippen LogP) is 14.8. The summed E-state index contributed by atoms with van der Waals surface area (Å²) in [7, 11) is 0. The summed E-state index contributed by atoms with van der Waals surface area (Å²) in [6, 6.07) is 0. The molecule has 0 radical (unpaired) electrons. The van der Waals surface area contributed by atoms with Gasteiger partial charge in [-0.1, -0.05) is 70.9 Å². The molecule has 20 nitrogen and oxygen atoms in total. The number of ether oxygens (including phenoxy) is 9. The third kappa shape index (κ3) is 14.4. The van der Waals surface area contributed by atoms with E-state index >= 15 is 0 Å². The number of phenolic OH excluding ortho intramolecular Hbond substituents is 2. The van der Waals surface area contributed by atoms with E-state index in [1.807, 2.05) is 99.6 Å². The normalized spacial score (nSPS) is 30.1. The summed E-state index contributed by atoms with van der Waals surface area (Å²) in [6.07, 6.45) is 27.2. The number of rotatable bonds is 21. The first-order valence-electron chi connectivity index (χ1n) is 38.9. The molecule has 8 heterocycles. The Kier molecular flexibility index (Phi) is 22.8. The van der Waals surface area contributed by atoms with Gasteiger partial charge in [0.2, 0.25) is 0 Å². The van der Waals surface area contributed by atoms with Crippen LogP contribution in [-0.2, 0) is 55.7 Å². The maximum absolute atomic E-state index is 15.0. The Balaban J connectivity index is 0.000000184. The van der Waals surface area contributed by atoms with Crippen molar-refractivity contribution in [2.45, 2.75) is 220 Å². The lowest BCUT2D eigenvalue weighted by atomic mass is 9.51. The van der Waals surface area contributed by atoms with Crippen molar-refractivity contribution >= 4 is 58.8 Å². The van der Waals surface area contributed by atoms with Crippen LogP contribution in [0.25, 0.3) is 12.2 Å². The smallest absolute Gasteiger partial charge is 0.333 e. The lowest BCUT2D eigenvalue weighted by Crippen LogP contribution is -2.72. The van der Waals surface area contributed by atoms with Gasteiger partial charge in [0.1, 0.15) is 63.4 Å². The van der Waals surface area contributed by atoms with Crippen LogP contribution >= 0.6 is 11.6 Å². The molecule has 2 aromatic rings. The Morgan fingerprint density at radius 2 is 0.936 bits per heavy atom. The first kappa shape index (κ1) is 80.8. The minimum Gasteiger partial charge on any atom is -0.506 e. The van der Waals surface area contributed by atoms with Crippen molar-refractivity contribution in [3.63, 3.8) is 0 Å². The molecule has 4 saturated heterocycles. The fourth-order valence-electron chi connectivity index (χ4n) is 18.5. The lowest BCUT2D eigenvalue weighted by molar-refractivity contribution is -0.172. The first-order valence-corrected chi connectivity index (χ1v) is 39.4. The number of carboxylic acid groups (broad SMARTS) is 1. The van der Waals surface area contributed by atoms with Crippen molar-refractivity contribution in [2.75, 3.05) is 78.2 Å². The molecule has 0 amide bonds. The van der Waals surface area contributed by atoms with Gasteiger partial charge < -0.3 is 58.0 Å². The number of esters is 1. The van der Waals surface area contributed by atoms with Crippen LogP contribution in [0.1, 0.15) is 205 Å². The first-order chi connectivity index (χ1) is 51.4. The number of aliphatic carboxylic acids is 1. The van der Waals surface area contributed by atoms with E-state index in [2.05, 4.69) is 55.7 Å². The molecular weight excluding hydrogens is 1410 g/mol. The van der Waals surface area contributed by atoms with Gasteiger partial charge in [-0.2, -0.15) is 0 Å². The van der Waals surface area contributed by atoms with Crippen molar-refractivity contribution in [3.05, 3.63) is 139 Å². The number of benzene rings is 2. The van der Waals surface area contributed by atoms with Gasteiger partial charge in [0, 0.05) is 115 Å². The number of carbonyl (C=O) groups is 6. The summed E-state index contributed by atoms with van der Waals surface area (Å²) in [4.78, 5) is 88.2. The molecule has 2 saturated carbocycles. The molecule has 588 valence electrons. The summed E-state index contributed by atoms with van der Waals surface area (Å²) in [5, 5.41) is 33.4. The highest BCUT2D eigenvalue weighted by Crippen LogP contribution is 2.71. The Morgan fingerprint density at radius 1 is 0.541 bits per heavy atom. The summed E-state index contributed by atoms with van der Waals surface area (Å²) in [5.41, 5.74) is -1.47. The number of phenols is 2. The number of carbonyl (C=O) groups excluding carboxylic acids is 5. The van der Waals surface area contributed by atoms with E-state index < -0.39 is 74.4 Å². The number of nitrogens with zero attached hydrogens (tertiary/aromatic N) is 2. The van der Waals surface area contributed by atoms with Gasteiger partial charge in [-0.05, 0) is 186 Å². The Labute approximate surface area is 646 Å². The lowest BCUT2D eigenvalue weighted by Gasteiger charge is -2.56. The zero-order valence-electron chi connectivity index (χ0n) is 66.5. The molecule has 14 aliphatic rings. The molecule has 10 unspecified atom stereocenters. The monoisotopic (exact) mass is 1520 g/mol. The zero-order valence-corrected chi connectivity index (χ0v) is 67.3. The van der Waals surface area contributed by atoms with Gasteiger partial charge in [-0.15, -0.1) is 11.6 Å². The summed E-state index contributed by atoms with van der Waals surface area (Å²) in [6.45, 7) is 39.7. The summed E-state index contributed by atoms with van der Waals surface area (Å²) < 4.78 is 57.8. The fraction of sp³-hybridized carbons (Fsp3) is 0.568. The number of aromatic hydroxyl groups is 2. The molecule has 16 rings (SSSR count). The van der Waals surface area contributed by atoms with Gasteiger partial charge in [0.05, 0.1) is 48.8 Å². The number of hydrogen-bond acceptors (Lipinski definition) is 19. The molecule has 10 atom stereocenters. The molecule has 21 heteroatoms. The average molecular weight is 1520 g/mol. The second-order valence-corrected chi connectivity index (χ2v) is 34.3. The van der Waals surface area contributed by atoms with E-state index in [0.29, 0.717) is 109 Å². The van der Waals surface area contributed by atoms with E-state index in [0.717, 1.165) is 75.8 Å². The second kappa shape index (κ2) is 30.8. The second-order valence-electron chi connectivity index (χ2n) is 34.0. The largest absolute Gasteiger partial charge is 0.506 e. The highest BCUT2D eigenvalue weighted by molar-refractivity contribution is 6.20. The maximum Gasteiger partial charge on any atom is 0.333 e. The molecule has 0 aromatic heterocycles. The van der Waals surface area contributed by atoms with Crippen molar-refractivity contribution in [2.24, 2.45) is 23.7 Å². The number of alkyl halides is 1. The quantitative estimate of drug-likeness (QED) is 0.0454. The molecule has 8 aliphatic heterocycles. The number of hydrogen-bond donors (Lipinski definition) is 3. The fourth-order valence-corrected chi connectivity index (χ4v) is 18.7. The minimum absolute atomic E-state index is 0.00845. The van der Waals surface area contributed by atoms with E-state index in [4.69, 9.17) is 54.2 Å². The molecule has 3 N–H and O–H groups in total. The topological polar surface area (TPSA) is 253 Å². The molecule has 2 spiro atoms. The number of ketones is 4. The van der Waals surface area contributed by atoms with Crippen LogP contribution in [0, 0.1) is 23.7 Å². The average Bonchev–Trinajstić information content (AvgIpc) is 1.52. The minimum atomic E-state index is -1.63. The molecule has 109 heavy (non-hydrogen) atoms. The van der Waals surface area contributed by atoms with Crippen molar-refractivity contribution in [1.29, 1.82) is 0 Å². The molecule has 2 aromatic carbocycles. The summed E-state index contributed by atoms with van der Waals surface area (Å²) >= 11 is 5.55. The number of morpholine rings is 2. The van der Waals surface area contributed by atoms with Crippen LogP contribution in [-0.4, -0.2) is 183 Å². The molecular formula is C88H111ClN2O18. The number of Topliss-reactive ketones (excluding diaryl/α,β-unsaturated/α-hetero) is 4. The van der Waals surface area contributed by atoms with Crippen LogP contribution in [0.3, 0.4) is 0 Å². The number of allylic oxidation sites excluding steroid dienone is 10. The van der Waals surface area contributed by atoms with Crippen molar-refractivity contribution in [3.8, 4) is 34.5 Å². The van der Waals surface area contributed by atoms with Crippen molar-refractivity contribution < 1.29 is 86.7 Å². The van der Waals surface area contributed by atoms with E-state index in [1.54, 1.807) is 25.2 Å². The van der Waals surface area contributed by atoms with Gasteiger partial charge >= 0.3 is 11.9 Å². The Bertz CT molecular complexity index is 4370. The number of carboxylic acids is 1. The van der Waals surface area contributed by atoms with E-state index in [-0.39, 0.29) is 88.3 Å². The highest BCUT2D eigenvalue weighted by Gasteiger charge is 2.83. The van der Waals surface area contributed by atoms with Crippen LogP contribution in [0.4, 0.5) is 0 Å². The third-order valence-electron chi connectivity index (χ3n) is 24.2. The highest BCUT2D eigenvalue weighted by atomic mass is 35.5. The van der Waals surface area contributed by atoms with Gasteiger partial charge in [-0.25, -0.2) is 9.59 Å². The Morgan fingerprint density at radius 3 is 1.32 bits per heavy atom. The van der Waals surface area contributed by atoms with Crippen molar-refractivity contribution in [1.82, 2.24) is 9.80 Å². The van der Waals surface area contributed by atoms with Crippen LogP contribution in [0.2, 0.25) is 0 Å². The summed E-state index contributed by atoms with van der Waals surface area (Å²) in [5.74, 6) is -3.02. The molecule has 8 bridgehead atoms. The van der Waals surface area contributed by atoms with Gasteiger partial charge in [-0.3, -0.25) is 29.0 Å². The van der Waals surface area contributed by atoms with Gasteiger partial charge in [0.25, 0.3) is 0 Å². The number of fused-ring (bicyclic) bond motifs is 4. The third-order valence-corrected chi connectivity index (χ3v) is 24.4. The van der Waals surface area contributed by atoms with E-state index in [1.165, 1.54) is 24.1 Å². The van der Waals surface area contributed by atoms with Crippen LogP contribution < -0.4 is 18.9 Å². The van der Waals surface area contributed by atoms with Crippen LogP contribution in [0.15, 0.2) is 105 Å². The Hall–Kier alpha value is -7.69. The molecule has 6 fully saturated rings. The SMILES string of the molecule is CC(C)=CCCC1(C)C=Cc2c(O)c3c(c(CC=C(C)C)c2O1)OC12C(=CC4CC1C(C)(C)OC2(C/C=C(/C)C(=O)O)C4=O)C3=O.CC(C)=CCCC1(C)C=Cc2c(O)c3c(c(CC=C(C)C)c2O1)OC12C(=CC4CC1C(C)(C)OC2(C/C=C(/C)C(=O)OCCN1CCOCC1)C4=O)C3=O.ClCCN1CCOCC1. The number of halogens is 1. The predicted molar refractivity (Wildman–Crippen MR) is 417 cm³/mol. The molecule has 6 aliphatic carbocycles. The zero-order chi connectivity index (χ0) is 78.9. The van der Waals surface area contributed by atoms with Gasteiger partial charge in [0.15, 0.2) is 45.5 Å². The maximum atomic E-state index is 15.0.